The Kier molecular flexibility index (Phi) is 5.10. The van der Waals surface area contributed by atoms with Crippen LogP contribution >= 0.6 is 0 Å². The fraction of sp³-hybridized carbons (Fsp3) is 0.333. The van der Waals surface area contributed by atoms with E-state index in [1.165, 1.54) is 12.1 Å². The number of fused-ring (bicyclic) bond motifs is 2. The minimum Gasteiger partial charge on any atom is -0.487 e. The molecule has 152 valence electrons. The van der Waals surface area contributed by atoms with Gasteiger partial charge >= 0.3 is 0 Å². The van der Waals surface area contributed by atoms with Gasteiger partial charge in [-0.05, 0) is 45.3 Å². The van der Waals surface area contributed by atoms with Crippen molar-refractivity contribution in [1.82, 2.24) is 24.8 Å². The molecule has 2 N–H and O–H groups in total. The van der Waals surface area contributed by atoms with Crippen LogP contribution in [0.4, 0.5) is 10.2 Å². The SMILES string of the molecule is C=C1NC[C@H](CN(C)C)Oc2ccc(F)cc2[C@@H](C)Nc2ccn3ncc1c3n2. The summed E-state index contributed by atoms with van der Waals surface area (Å²) in [5, 5.41) is 11.1. The molecule has 7 nitrogen and oxygen atoms in total. The number of nitrogens with zero attached hydrogens (tertiary/aromatic N) is 4. The maximum atomic E-state index is 14.0. The van der Waals surface area contributed by atoms with Crippen molar-refractivity contribution in [2.24, 2.45) is 0 Å². The van der Waals surface area contributed by atoms with Gasteiger partial charge in [0.05, 0.1) is 24.3 Å². The Labute approximate surface area is 169 Å². The summed E-state index contributed by atoms with van der Waals surface area (Å²) in [7, 11) is 3.98. The van der Waals surface area contributed by atoms with Gasteiger partial charge in [-0.1, -0.05) is 6.58 Å². The van der Waals surface area contributed by atoms with Crippen molar-refractivity contribution >= 4 is 17.2 Å². The van der Waals surface area contributed by atoms with Crippen LogP contribution in [0, 0.1) is 5.82 Å². The van der Waals surface area contributed by atoms with Gasteiger partial charge in [0.2, 0.25) is 0 Å². The molecule has 29 heavy (non-hydrogen) atoms. The molecule has 4 rings (SSSR count). The summed E-state index contributed by atoms with van der Waals surface area (Å²) in [5.41, 5.74) is 2.99. The van der Waals surface area contributed by atoms with Crippen molar-refractivity contribution in [3.63, 3.8) is 0 Å². The van der Waals surface area contributed by atoms with Crippen molar-refractivity contribution in [3.8, 4) is 5.75 Å². The standard InChI is InChI=1S/C21H25FN6O/c1-13-18-11-24-28-8-7-20(26-21(18)28)25-14(2)17-9-15(22)5-6-19(17)29-16(10-23-13)12-27(3)4/h5-9,11,14,16,23H,1,10,12H2,2-4H3,(H,25,26)/t14-,16-/m1/s1. The lowest BCUT2D eigenvalue weighted by Gasteiger charge is -2.26. The summed E-state index contributed by atoms with van der Waals surface area (Å²) in [6, 6.07) is 6.24. The van der Waals surface area contributed by atoms with Crippen LogP contribution in [-0.4, -0.2) is 52.8 Å². The van der Waals surface area contributed by atoms with Crippen LogP contribution in [0.15, 0.2) is 43.2 Å². The Hall–Kier alpha value is -3.13. The molecule has 0 fully saturated rings. The highest BCUT2D eigenvalue weighted by molar-refractivity contribution is 5.73. The van der Waals surface area contributed by atoms with E-state index in [0.717, 1.165) is 16.8 Å². The summed E-state index contributed by atoms with van der Waals surface area (Å²) in [4.78, 5) is 6.75. The first-order valence-electron chi connectivity index (χ1n) is 9.55. The molecule has 0 spiro atoms. The molecule has 2 atom stereocenters. The van der Waals surface area contributed by atoms with Gasteiger partial charge in [0.25, 0.3) is 0 Å². The van der Waals surface area contributed by atoms with E-state index in [1.807, 2.05) is 33.3 Å². The largest absolute Gasteiger partial charge is 0.487 e. The van der Waals surface area contributed by atoms with Crippen LogP contribution in [0.3, 0.4) is 0 Å². The number of halogens is 1. The van der Waals surface area contributed by atoms with Crippen molar-refractivity contribution in [2.45, 2.75) is 19.1 Å². The summed E-state index contributed by atoms with van der Waals surface area (Å²) in [6.07, 6.45) is 3.42. The van der Waals surface area contributed by atoms with Gasteiger partial charge in [-0.15, -0.1) is 0 Å². The number of hydrogen-bond donors (Lipinski definition) is 2. The molecular weight excluding hydrogens is 371 g/mol. The van der Waals surface area contributed by atoms with E-state index in [2.05, 4.69) is 32.2 Å². The number of likely N-dealkylation sites (N-methyl/N-ethyl adjacent to an activating group) is 1. The van der Waals surface area contributed by atoms with Crippen LogP contribution in [-0.2, 0) is 0 Å². The summed E-state index contributed by atoms with van der Waals surface area (Å²) in [6.45, 7) is 7.34. The van der Waals surface area contributed by atoms with E-state index < -0.39 is 0 Å². The molecular formula is C21H25FN6O. The van der Waals surface area contributed by atoms with Gasteiger partial charge in [-0.2, -0.15) is 5.10 Å². The van der Waals surface area contributed by atoms with Gasteiger partial charge in [-0.25, -0.2) is 13.9 Å². The number of aromatic nitrogens is 3. The lowest BCUT2D eigenvalue weighted by molar-refractivity contribution is 0.160. The van der Waals surface area contributed by atoms with Gasteiger partial charge < -0.3 is 20.3 Å². The van der Waals surface area contributed by atoms with E-state index >= 15 is 0 Å². The Morgan fingerprint density at radius 2 is 2.17 bits per heavy atom. The molecule has 0 unspecified atom stereocenters. The summed E-state index contributed by atoms with van der Waals surface area (Å²) >= 11 is 0. The van der Waals surface area contributed by atoms with Crippen LogP contribution < -0.4 is 15.4 Å². The van der Waals surface area contributed by atoms with E-state index in [4.69, 9.17) is 4.74 Å². The lowest BCUT2D eigenvalue weighted by atomic mass is 10.1. The number of rotatable bonds is 2. The zero-order valence-corrected chi connectivity index (χ0v) is 16.8. The Morgan fingerprint density at radius 1 is 1.34 bits per heavy atom. The number of ether oxygens (including phenoxy) is 1. The topological polar surface area (TPSA) is 66.7 Å². The predicted molar refractivity (Wildman–Crippen MR) is 111 cm³/mol. The maximum absolute atomic E-state index is 14.0. The second-order valence-electron chi connectivity index (χ2n) is 7.55. The summed E-state index contributed by atoms with van der Waals surface area (Å²) < 4.78 is 22.0. The average molecular weight is 396 g/mol. The third-order valence-electron chi connectivity index (χ3n) is 4.90. The Bertz CT molecular complexity index is 1050. The van der Waals surface area contributed by atoms with E-state index in [-0.39, 0.29) is 18.0 Å². The first-order valence-corrected chi connectivity index (χ1v) is 9.55. The molecule has 0 amide bonds. The first-order chi connectivity index (χ1) is 13.9. The highest BCUT2D eigenvalue weighted by Gasteiger charge is 2.20. The minimum atomic E-state index is -0.303. The summed E-state index contributed by atoms with van der Waals surface area (Å²) in [5.74, 6) is 1.01. The molecule has 2 aromatic heterocycles. The molecule has 0 radical (unpaired) electrons. The highest BCUT2D eigenvalue weighted by Crippen LogP contribution is 2.30. The fourth-order valence-electron chi connectivity index (χ4n) is 3.49. The van der Waals surface area contributed by atoms with Gasteiger partial charge in [-0.3, -0.25) is 0 Å². The minimum absolute atomic E-state index is 0.166. The molecule has 2 bridgehead atoms. The molecule has 0 saturated heterocycles. The number of nitrogens with one attached hydrogen (secondary N) is 2. The predicted octanol–water partition coefficient (Wildman–Crippen LogP) is 2.92. The van der Waals surface area contributed by atoms with Gasteiger partial charge in [0.15, 0.2) is 5.65 Å². The number of benzene rings is 1. The van der Waals surface area contributed by atoms with E-state index in [1.54, 1.807) is 16.8 Å². The highest BCUT2D eigenvalue weighted by atomic mass is 19.1. The molecule has 8 heteroatoms. The molecule has 1 aromatic carbocycles. The molecule has 3 heterocycles. The number of hydrogen-bond acceptors (Lipinski definition) is 6. The Morgan fingerprint density at radius 3 is 2.97 bits per heavy atom. The van der Waals surface area contributed by atoms with E-state index in [0.29, 0.717) is 30.3 Å². The number of anilines is 1. The molecule has 1 aliphatic rings. The smallest absolute Gasteiger partial charge is 0.166 e. The van der Waals surface area contributed by atoms with Crippen LogP contribution in [0.5, 0.6) is 5.75 Å². The second-order valence-corrected chi connectivity index (χ2v) is 7.55. The van der Waals surface area contributed by atoms with Crippen LogP contribution in [0.1, 0.15) is 24.1 Å². The van der Waals surface area contributed by atoms with Crippen molar-refractivity contribution in [3.05, 3.63) is 60.2 Å². The van der Waals surface area contributed by atoms with Crippen molar-refractivity contribution < 1.29 is 9.13 Å². The quantitative estimate of drug-likeness (QED) is 0.694. The fourth-order valence-corrected chi connectivity index (χ4v) is 3.49. The van der Waals surface area contributed by atoms with Crippen LogP contribution in [0.2, 0.25) is 0 Å². The van der Waals surface area contributed by atoms with Crippen molar-refractivity contribution in [2.75, 3.05) is 32.5 Å². The maximum Gasteiger partial charge on any atom is 0.166 e. The lowest BCUT2D eigenvalue weighted by Crippen LogP contribution is -2.39. The Balaban J connectivity index is 1.79. The second kappa shape index (κ2) is 7.71. The van der Waals surface area contributed by atoms with Gasteiger partial charge in [0.1, 0.15) is 23.5 Å². The zero-order chi connectivity index (χ0) is 20.5. The average Bonchev–Trinajstić information content (AvgIpc) is 3.09. The van der Waals surface area contributed by atoms with Crippen molar-refractivity contribution in [1.29, 1.82) is 0 Å². The molecule has 0 aliphatic carbocycles. The third-order valence-corrected chi connectivity index (χ3v) is 4.90. The third kappa shape index (κ3) is 4.02. The molecule has 0 saturated carbocycles. The van der Waals surface area contributed by atoms with E-state index in [9.17, 15) is 4.39 Å². The normalized spacial score (nSPS) is 19.6. The molecule has 3 aromatic rings. The molecule has 1 aliphatic heterocycles. The van der Waals surface area contributed by atoms with Gasteiger partial charge in [0, 0.05) is 24.0 Å². The monoisotopic (exact) mass is 396 g/mol. The van der Waals surface area contributed by atoms with Crippen LogP contribution in [0.25, 0.3) is 11.3 Å². The zero-order valence-electron chi connectivity index (χ0n) is 16.8. The first kappa shape index (κ1) is 19.2.